The van der Waals surface area contributed by atoms with E-state index in [1.807, 2.05) is 95.5 Å². The Morgan fingerprint density at radius 1 is 0.895 bits per heavy atom. The van der Waals surface area contributed by atoms with Crippen LogP contribution in [0, 0.1) is 10.1 Å². The maximum Gasteiger partial charge on any atom is 0.272 e. The van der Waals surface area contributed by atoms with E-state index in [0.717, 1.165) is 16.8 Å². The fourth-order valence-corrected chi connectivity index (χ4v) is 4.45. The lowest BCUT2D eigenvalue weighted by atomic mass is 10.1. The molecule has 8 nitrogen and oxygen atoms in total. The summed E-state index contributed by atoms with van der Waals surface area (Å²) >= 11 is 0. The van der Waals surface area contributed by atoms with E-state index in [-0.39, 0.29) is 11.6 Å². The van der Waals surface area contributed by atoms with Gasteiger partial charge in [0.05, 0.1) is 16.3 Å². The van der Waals surface area contributed by atoms with E-state index >= 15 is 0 Å². The SMILES string of the molecule is Cn1cccc1-c1cc(C(=O)N(CCc2ccccc2)Cc2ccccc2)n(-c2cccc([N+](=O)[O-])c2)n1. The molecule has 0 unspecified atom stereocenters. The maximum absolute atomic E-state index is 14.2. The number of aryl methyl sites for hydroxylation is 1. The summed E-state index contributed by atoms with van der Waals surface area (Å²) < 4.78 is 3.43. The first-order chi connectivity index (χ1) is 18.5. The van der Waals surface area contributed by atoms with E-state index in [4.69, 9.17) is 5.10 Å². The van der Waals surface area contributed by atoms with Crippen LogP contribution in [0.15, 0.2) is 109 Å². The van der Waals surface area contributed by atoms with Crippen molar-refractivity contribution in [3.63, 3.8) is 0 Å². The molecule has 5 aromatic rings. The molecule has 0 aliphatic rings. The van der Waals surface area contributed by atoms with Crippen molar-refractivity contribution in [2.75, 3.05) is 6.54 Å². The van der Waals surface area contributed by atoms with Crippen molar-refractivity contribution < 1.29 is 9.72 Å². The van der Waals surface area contributed by atoms with Gasteiger partial charge in [-0.25, -0.2) is 4.68 Å². The fraction of sp³-hybridized carbons (Fsp3) is 0.133. The highest BCUT2D eigenvalue weighted by atomic mass is 16.6. The zero-order chi connectivity index (χ0) is 26.5. The molecule has 0 fully saturated rings. The molecule has 1 amide bonds. The summed E-state index contributed by atoms with van der Waals surface area (Å²) in [6, 6.07) is 31.7. The average molecular weight is 506 g/mol. The van der Waals surface area contributed by atoms with Crippen molar-refractivity contribution in [2.24, 2.45) is 7.05 Å². The Hall–Kier alpha value is -4.98. The Labute approximate surface area is 220 Å². The Bertz CT molecular complexity index is 1560. The number of hydrogen-bond donors (Lipinski definition) is 0. The van der Waals surface area contributed by atoms with E-state index in [2.05, 4.69) is 0 Å². The summed E-state index contributed by atoms with van der Waals surface area (Å²) in [5.74, 6) is -0.204. The number of hydrogen-bond acceptors (Lipinski definition) is 4. The van der Waals surface area contributed by atoms with Crippen molar-refractivity contribution in [2.45, 2.75) is 13.0 Å². The molecule has 0 N–H and O–H groups in total. The van der Waals surface area contributed by atoms with Gasteiger partial charge in [-0.2, -0.15) is 5.10 Å². The third-order valence-corrected chi connectivity index (χ3v) is 6.44. The van der Waals surface area contributed by atoms with E-state index in [0.29, 0.717) is 36.6 Å². The number of non-ortho nitro benzene ring substituents is 1. The topological polar surface area (TPSA) is 86.2 Å². The van der Waals surface area contributed by atoms with Crippen LogP contribution in [0.4, 0.5) is 5.69 Å². The largest absolute Gasteiger partial charge is 0.349 e. The first kappa shape index (κ1) is 24.7. The summed E-state index contributed by atoms with van der Waals surface area (Å²) in [6.45, 7) is 0.920. The van der Waals surface area contributed by atoms with Crippen LogP contribution in [-0.2, 0) is 20.0 Å². The lowest BCUT2D eigenvalue weighted by molar-refractivity contribution is -0.384. The quantitative estimate of drug-likeness (QED) is 0.191. The highest BCUT2D eigenvalue weighted by Crippen LogP contribution is 2.25. The number of nitro benzene ring substituents is 1. The van der Waals surface area contributed by atoms with Crippen LogP contribution >= 0.6 is 0 Å². The minimum Gasteiger partial charge on any atom is -0.349 e. The van der Waals surface area contributed by atoms with Crippen LogP contribution in [-0.4, -0.2) is 36.6 Å². The summed E-state index contributed by atoms with van der Waals surface area (Å²) in [4.78, 5) is 27.0. The molecule has 38 heavy (non-hydrogen) atoms. The Morgan fingerprint density at radius 3 is 2.26 bits per heavy atom. The molecule has 0 saturated carbocycles. The lowest BCUT2D eigenvalue weighted by Gasteiger charge is -2.23. The van der Waals surface area contributed by atoms with Crippen molar-refractivity contribution in [3.8, 4) is 17.1 Å². The minimum atomic E-state index is -0.450. The van der Waals surface area contributed by atoms with E-state index in [9.17, 15) is 14.9 Å². The summed E-state index contributed by atoms with van der Waals surface area (Å²) in [5, 5.41) is 16.2. The van der Waals surface area contributed by atoms with Crippen molar-refractivity contribution >= 4 is 11.6 Å². The van der Waals surface area contributed by atoms with Crippen molar-refractivity contribution in [1.82, 2.24) is 19.2 Å². The third kappa shape index (κ3) is 5.39. The molecule has 0 saturated heterocycles. The van der Waals surface area contributed by atoms with E-state index in [1.54, 1.807) is 18.2 Å². The zero-order valence-electron chi connectivity index (χ0n) is 21.0. The fourth-order valence-electron chi connectivity index (χ4n) is 4.45. The number of nitrogens with zero attached hydrogens (tertiary/aromatic N) is 5. The molecule has 3 aromatic carbocycles. The van der Waals surface area contributed by atoms with Crippen molar-refractivity contribution in [3.05, 3.63) is 136 Å². The van der Waals surface area contributed by atoms with Crippen molar-refractivity contribution in [1.29, 1.82) is 0 Å². The molecule has 0 aliphatic carbocycles. The van der Waals surface area contributed by atoms with E-state index < -0.39 is 4.92 Å². The number of rotatable bonds is 9. The molecule has 0 bridgehead atoms. The molecule has 190 valence electrons. The second kappa shape index (κ2) is 11.0. The minimum absolute atomic E-state index is 0.0676. The number of nitro groups is 1. The zero-order valence-corrected chi connectivity index (χ0v) is 21.0. The van der Waals surface area contributed by atoms with Gasteiger partial charge in [0.1, 0.15) is 11.4 Å². The monoisotopic (exact) mass is 505 g/mol. The first-order valence-corrected chi connectivity index (χ1v) is 12.3. The Morgan fingerprint density at radius 2 is 1.61 bits per heavy atom. The average Bonchev–Trinajstić information content (AvgIpc) is 3.58. The van der Waals surface area contributed by atoms with Crippen LogP contribution in [0.25, 0.3) is 17.1 Å². The predicted molar refractivity (Wildman–Crippen MR) is 146 cm³/mol. The highest BCUT2D eigenvalue weighted by Gasteiger charge is 2.24. The number of amides is 1. The van der Waals surface area contributed by atoms with Crippen LogP contribution in [0.2, 0.25) is 0 Å². The predicted octanol–water partition coefficient (Wildman–Crippen LogP) is 5.67. The number of carbonyl (C=O) groups is 1. The molecular formula is C30H27N5O3. The van der Waals surface area contributed by atoms with Gasteiger partial charge in [-0.3, -0.25) is 14.9 Å². The Balaban J connectivity index is 1.57. The smallest absolute Gasteiger partial charge is 0.272 e. The Kier molecular flexibility index (Phi) is 7.13. The molecule has 2 aromatic heterocycles. The third-order valence-electron chi connectivity index (χ3n) is 6.44. The van der Waals surface area contributed by atoms with Gasteiger partial charge in [0.15, 0.2) is 0 Å². The molecule has 2 heterocycles. The van der Waals surface area contributed by atoms with Gasteiger partial charge < -0.3 is 9.47 Å². The number of aromatic nitrogens is 3. The molecule has 0 radical (unpaired) electrons. The maximum atomic E-state index is 14.2. The van der Waals surface area contributed by atoms with Gasteiger partial charge in [0, 0.05) is 38.5 Å². The van der Waals surface area contributed by atoms with Gasteiger partial charge in [0.25, 0.3) is 11.6 Å². The van der Waals surface area contributed by atoms with Gasteiger partial charge in [0.2, 0.25) is 0 Å². The summed E-state index contributed by atoms with van der Waals surface area (Å²) in [6.07, 6.45) is 2.60. The first-order valence-electron chi connectivity index (χ1n) is 12.3. The highest BCUT2D eigenvalue weighted by molar-refractivity contribution is 5.94. The van der Waals surface area contributed by atoms with Crippen LogP contribution in [0.1, 0.15) is 21.6 Å². The standard InChI is InChI=1S/C30H27N5O3/c1-32-18-9-16-28(32)27-21-29(34(31-27)25-14-8-15-26(20-25)35(37)38)30(36)33(22-24-12-6-3-7-13-24)19-17-23-10-4-2-5-11-23/h2-16,18,20-21H,17,19,22H2,1H3. The van der Waals surface area contributed by atoms with Gasteiger partial charge in [-0.05, 0) is 41.8 Å². The second-order valence-electron chi connectivity index (χ2n) is 9.06. The van der Waals surface area contributed by atoms with Crippen LogP contribution < -0.4 is 0 Å². The summed E-state index contributed by atoms with van der Waals surface area (Å²) in [5.41, 5.74) is 4.31. The van der Waals surface area contributed by atoms with Gasteiger partial charge in [-0.15, -0.1) is 0 Å². The molecule has 8 heteroatoms. The second-order valence-corrected chi connectivity index (χ2v) is 9.06. The molecule has 0 spiro atoms. The normalized spacial score (nSPS) is 10.9. The molecule has 0 aliphatic heterocycles. The number of benzene rings is 3. The molecule has 0 atom stereocenters. The number of carbonyl (C=O) groups excluding carboxylic acids is 1. The summed E-state index contributed by atoms with van der Waals surface area (Å²) in [7, 11) is 1.91. The van der Waals surface area contributed by atoms with Gasteiger partial charge >= 0.3 is 0 Å². The van der Waals surface area contributed by atoms with Gasteiger partial charge in [-0.1, -0.05) is 66.7 Å². The van der Waals surface area contributed by atoms with Crippen LogP contribution in [0.3, 0.4) is 0 Å². The molecular weight excluding hydrogens is 478 g/mol. The van der Waals surface area contributed by atoms with E-state index in [1.165, 1.54) is 16.8 Å². The van der Waals surface area contributed by atoms with Crippen LogP contribution in [0.5, 0.6) is 0 Å². The lowest BCUT2D eigenvalue weighted by Crippen LogP contribution is -2.34. The molecule has 5 rings (SSSR count).